The first-order valence-electron chi connectivity index (χ1n) is 9.65. The maximum atomic E-state index is 3.56. The Bertz CT molecular complexity index is 1490. The molecule has 0 bridgehead atoms. The molecule has 6 aromatic rings. The number of rotatable bonds is 2. The van der Waals surface area contributed by atoms with Crippen LogP contribution in [0, 0.1) is 0 Å². The molecule has 0 spiro atoms. The summed E-state index contributed by atoms with van der Waals surface area (Å²) in [5.41, 5.74) is 4.77. The number of para-hydroxylation sites is 1. The molecule has 0 aliphatic heterocycles. The highest BCUT2D eigenvalue weighted by Crippen LogP contribution is 2.38. The van der Waals surface area contributed by atoms with Gasteiger partial charge in [0, 0.05) is 39.0 Å². The molecular weight excluding hydrogens is 420 g/mol. The zero-order valence-electron chi connectivity index (χ0n) is 15.6. The van der Waals surface area contributed by atoms with Gasteiger partial charge in [-0.3, -0.25) is 0 Å². The lowest BCUT2D eigenvalue weighted by molar-refractivity contribution is 1.07. The van der Waals surface area contributed by atoms with Crippen LogP contribution in [-0.4, -0.2) is 9.13 Å². The van der Waals surface area contributed by atoms with Crippen LogP contribution in [0.5, 0.6) is 0 Å². The normalized spacial score (nSPS) is 11.6. The number of benzene rings is 4. The Morgan fingerprint density at radius 2 is 1.31 bits per heavy atom. The largest absolute Gasteiger partial charge is 0.321 e. The number of nitrogens with zero attached hydrogens (tertiary/aromatic N) is 2. The summed E-state index contributed by atoms with van der Waals surface area (Å²) >= 11 is 3.56. The summed E-state index contributed by atoms with van der Waals surface area (Å²) in [5, 5.41) is 5.12. The molecule has 29 heavy (non-hydrogen) atoms. The molecule has 2 heterocycles. The van der Waals surface area contributed by atoms with Gasteiger partial charge < -0.3 is 9.13 Å². The molecular formula is C26H17BrN2. The van der Waals surface area contributed by atoms with Crippen molar-refractivity contribution in [3.8, 4) is 11.4 Å². The van der Waals surface area contributed by atoms with Crippen LogP contribution in [-0.2, 0) is 0 Å². The van der Waals surface area contributed by atoms with E-state index >= 15 is 0 Å². The quantitative estimate of drug-likeness (QED) is 0.266. The van der Waals surface area contributed by atoms with E-state index < -0.39 is 0 Å². The number of hydrogen-bond donors (Lipinski definition) is 0. The van der Waals surface area contributed by atoms with Crippen LogP contribution in [0.15, 0.2) is 108 Å². The van der Waals surface area contributed by atoms with Crippen molar-refractivity contribution in [2.24, 2.45) is 0 Å². The number of halogens is 1. The summed E-state index contributed by atoms with van der Waals surface area (Å²) in [6.07, 6.45) is 4.50. The van der Waals surface area contributed by atoms with Crippen molar-refractivity contribution in [2.75, 3.05) is 0 Å². The fourth-order valence-electron chi connectivity index (χ4n) is 4.29. The minimum Gasteiger partial charge on any atom is -0.321 e. The highest BCUT2D eigenvalue weighted by Gasteiger charge is 2.17. The molecule has 6 rings (SSSR count). The topological polar surface area (TPSA) is 9.86 Å². The highest BCUT2D eigenvalue weighted by atomic mass is 79.9. The summed E-state index contributed by atoms with van der Waals surface area (Å²) in [6.45, 7) is 0. The van der Waals surface area contributed by atoms with Crippen molar-refractivity contribution in [2.45, 2.75) is 0 Å². The third kappa shape index (κ3) is 2.55. The molecule has 0 radical (unpaired) electrons. The summed E-state index contributed by atoms with van der Waals surface area (Å²) < 4.78 is 5.67. The van der Waals surface area contributed by atoms with Gasteiger partial charge in [-0.25, -0.2) is 0 Å². The van der Waals surface area contributed by atoms with Gasteiger partial charge in [-0.2, -0.15) is 0 Å². The Hall–Kier alpha value is -3.30. The number of hydrogen-bond acceptors (Lipinski definition) is 0. The van der Waals surface area contributed by atoms with Crippen LogP contribution in [0.1, 0.15) is 0 Å². The SMILES string of the molecule is Brc1ccc(-n2c3cn(-c4ccccc4)cc3c3c4ccccc4ccc32)cc1. The second-order valence-electron chi connectivity index (χ2n) is 7.29. The lowest BCUT2D eigenvalue weighted by Crippen LogP contribution is -1.94. The van der Waals surface area contributed by atoms with Crippen LogP contribution in [0.3, 0.4) is 0 Å². The Morgan fingerprint density at radius 3 is 2.14 bits per heavy atom. The first-order chi connectivity index (χ1) is 14.3. The van der Waals surface area contributed by atoms with Crippen LogP contribution in [0.25, 0.3) is 44.0 Å². The second kappa shape index (κ2) is 6.36. The standard InChI is InChI=1S/C26H17BrN2/c27-19-11-13-21(14-12-19)29-24-15-10-18-6-4-5-9-22(18)26(24)23-16-28(17-25(23)29)20-7-2-1-3-8-20/h1-17H. The molecule has 0 aliphatic rings. The minimum atomic E-state index is 1.08. The van der Waals surface area contributed by atoms with Crippen LogP contribution in [0.2, 0.25) is 0 Å². The van der Waals surface area contributed by atoms with Gasteiger partial charge in [0.1, 0.15) is 0 Å². The van der Waals surface area contributed by atoms with E-state index in [9.17, 15) is 0 Å². The summed E-state index contributed by atoms with van der Waals surface area (Å²) in [7, 11) is 0. The summed E-state index contributed by atoms with van der Waals surface area (Å²) in [4.78, 5) is 0. The smallest absolute Gasteiger partial charge is 0.0722 e. The van der Waals surface area contributed by atoms with Gasteiger partial charge in [-0.15, -0.1) is 0 Å². The van der Waals surface area contributed by atoms with Gasteiger partial charge in [0.25, 0.3) is 0 Å². The Kier molecular flexibility index (Phi) is 3.65. The zero-order chi connectivity index (χ0) is 19.4. The van der Waals surface area contributed by atoms with Gasteiger partial charge in [-0.05, 0) is 53.2 Å². The van der Waals surface area contributed by atoms with E-state index in [-0.39, 0.29) is 0 Å². The molecule has 0 unspecified atom stereocenters. The predicted octanol–water partition coefficient (Wildman–Crippen LogP) is 7.49. The highest BCUT2D eigenvalue weighted by molar-refractivity contribution is 9.10. The lowest BCUT2D eigenvalue weighted by atomic mass is 10.1. The molecule has 2 aromatic heterocycles. The third-order valence-corrected chi connectivity index (χ3v) is 6.13. The second-order valence-corrected chi connectivity index (χ2v) is 8.21. The number of fused-ring (bicyclic) bond motifs is 5. The van der Waals surface area contributed by atoms with Crippen LogP contribution < -0.4 is 0 Å². The van der Waals surface area contributed by atoms with E-state index in [0.717, 1.165) is 10.2 Å². The molecule has 0 amide bonds. The number of aromatic nitrogens is 2. The van der Waals surface area contributed by atoms with Crippen molar-refractivity contribution in [3.63, 3.8) is 0 Å². The van der Waals surface area contributed by atoms with Crippen molar-refractivity contribution < 1.29 is 0 Å². The predicted molar refractivity (Wildman–Crippen MR) is 125 cm³/mol. The van der Waals surface area contributed by atoms with Crippen molar-refractivity contribution in [3.05, 3.63) is 108 Å². The van der Waals surface area contributed by atoms with E-state index in [0.29, 0.717) is 0 Å². The van der Waals surface area contributed by atoms with Gasteiger partial charge >= 0.3 is 0 Å². The fraction of sp³-hybridized carbons (Fsp3) is 0. The first kappa shape index (κ1) is 16.6. The van der Waals surface area contributed by atoms with E-state index in [2.05, 4.69) is 128 Å². The maximum absolute atomic E-state index is 3.56. The van der Waals surface area contributed by atoms with Crippen LogP contribution >= 0.6 is 15.9 Å². The maximum Gasteiger partial charge on any atom is 0.0722 e. The van der Waals surface area contributed by atoms with Crippen LogP contribution in [0.4, 0.5) is 0 Å². The van der Waals surface area contributed by atoms with Gasteiger partial charge in [0.05, 0.1) is 11.0 Å². The first-order valence-corrected chi connectivity index (χ1v) is 10.4. The third-order valence-electron chi connectivity index (χ3n) is 5.60. The molecule has 0 aliphatic carbocycles. The molecule has 0 saturated heterocycles. The molecule has 2 nitrogen and oxygen atoms in total. The zero-order valence-corrected chi connectivity index (χ0v) is 17.2. The molecule has 0 saturated carbocycles. The monoisotopic (exact) mass is 436 g/mol. The van der Waals surface area contributed by atoms with Crippen molar-refractivity contribution in [1.29, 1.82) is 0 Å². The van der Waals surface area contributed by atoms with Gasteiger partial charge in [-0.1, -0.05) is 64.5 Å². The van der Waals surface area contributed by atoms with Gasteiger partial charge in [0.2, 0.25) is 0 Å². The minimum absolute atomic E-state index is 1.08. The van der Waals surface area contributed by atoms with E-state index in [4.69, 9.17) is 0 Å². The Morgan fingerprint density at radius 1 is 0.552 bits per heavy atom. The fourth-order valence-corrected chi connectivity index (χ4v) is 4.56. The molecule has 138 valence electrons. The van der Waals surface area contributed by atoms with Crippen molar-refractivity contribution in [1.82, 2.24) is 9.13 Å². The van der Waals surface area contributed by atoms with Crippen molar-refractivity contribution >= 4 is 48.5 Å². The van der Waals surface area contributed by atoms with E-state index in [1.807, 2.05) is 0 Å². The molecule has 3 heteroatoms. The summed E-state index contributed by atoms with van der Waals surface area (Å²) in [5.74, 6) is 0. The molecule has 4 aromatic carbocycles. The summed E-state index contributed by atoms with van der Waals surface area (Å²) in [6, 6.07) is 32.1. The van der Waals surface area contributed by atoms with E-state index in [1.165, 1.54) is 38.3 Å². The Labute approximate surface area is 176 Å². The lowest BCUT2D eigenvalue weighted by Gasteiger charge is -2.09. The van der Waals surface area contributed by atoms with Gasteiger partial charge in [0.15, 0.2) is 0 Å². The average molecular weight is 437 g/mol. The molecule has 0 atom stereocenters. The molecule has 0 N–H and O–H groups in total. The molecule has 0 fully saturated rings. The Balaban J connectivity index is 1.77. The van der Waals surface area contributed by atoms with E-state index in [1.54, 1.807) is 0 Å². The average Bonchev–Trinajstić information content (AvgIpc) is 3.32.